The van der Waals surface area contributed by atoms with Gasteiger partial charge in [0, 0.05) is 12.4 Å². The second-order valence-corrected chi connectivity index (χ2v) is 4.48. The van der Waals surface area contributed by atoms with Crippen LogP contribution in [0.2, 0.25) is 0 Å². The zero-order chi connectivity index (χ0) is 14.4. The van der Waals surface area contributed by atoms with Crippen LogP contribution < -0.4 is 5.32 Å². The lowest BCUT2D eigenvalue weighted by Crippen LogP contribution is -2.51. The molecule has 0 fully saturated rings. The van der Waals surface area contributed by atoms with Crippen LogP contribution in [0.4, 0.5) is 0 Å². The van der Waals surface area contributed by atoms with Crippen LogP contribution in [0.3, 0.4) is 0 Å². The van der Waals surface area contributed by atoms with Crippen molar-refractivity contribution >= 4 is 5.97 Å². The smallest absolute Gasteiger partial charge is 0.332 e. The van der Waals surface area contributed by atoms with E-state index in [1.165, 1.54) is 0 Å². The maximum atomic E-state index is 12.5. The van der Waals surface area contributed by atoms with Crippen molar-refractivity contribution in [3.63, 3.8) is 0 Å². The van der Waals surface area contributed by atoms with E-state index < -0.39 is 5.54 Å². The molecule has 5 nitrogen and oxygen atoms in total. The first kappa shape index (κ1) is 14.3. The molecule has 1 unspecified atom stereocenters. The first-order valence-electron chi connectivity index (χ1n) is 6.60. The summed E-state index contributed by atoms with van der Waals surface area (Å²) in [6, 6.07) is 9.59. The summed E-state index contributed by atoms with van der Waals surface area (Å²) in [4.78, 5) is 16.5. The minimum atomic E-state index is -0.919. The molecule has 1 atom stereocenters. The molecule has 2 aromatic rings. The minimum Gasteiger partial charge on any atom is -0.464 e. The molecule has 0 saturated heterocycles. The number of carbonyl (C=O) groups excluding carboxylic acids is 1. The molecular formula is C15H19N3O2. The van der Waals surface area contributed by atoms with Crippen LogP contribution in [0, 0.1) is 0 Å². The quantitative estimate of drug-likeness (QED) is 0.812. The van der Waals surface area contributed by atoms with Crippen LogP contribution in [0.25, 0.3) is 0 Å². The van der Waals surface area contributed by atoms with Crippen LogP contribution in [0.5, 0.6) is 0 Å². The molecule has 1 aromatic heterocycles. The van der Waals surface area contributed by atoms with Gasteiger partial charge in [-0.25, -0.2) is 9.78 Å². The summed E-state index contributed by atoms with van der Waals surface area (Å²) in [5.74, 6) is -0.289. The highest BCUT2D eigenvalue weighted by Crippen LogP contribution is 2.25. The Morgan fingerprint density at radius 2 is 2.15 bits per heavy atom. The summed E-state index contributed by atoms with van der Waals surface area (Å²) in [6.45, 7) is 2.58. The summed E-state index contributed by atoms with van der Waals surface area (Å²) < 4.78 is 7.13. The van der Waals surface area contributed by atoms with Crippen molar-refractivity contribution < 1.29 is 9.53 Å². The molecule has 0 spiro atoms. The van der Waals surface area contributed by atoms with Crippen LogP contribution >= 0.6 is 0 Å². The van der Waals surface area contributed by atoms with E-state index in [1.807, 2.05) is 41.1 Å². The second-order valence-electron chi connectivity index (χ2n) is 4.48. The molecule has 0 amide bonds. The minimum absolute atomic E-state index is 0.289. The summed E-state index contributed by atoms with van der Waals surface area (Å²) in [5.41, 5.74) is -0.0486. The highest BCUT2D eigenvalue weighted by atomic mass is 16.5. The van der Waals surface area contributed by atoms with Crippen LogP contribution in [-0.2, 0) is 21.6 Å². The van der Waals surface area contributed by atoms with Gasteiger partial charge in [0.05, 0.1) is 19.5 Å². The third-order valence-corrected chi connectivity index (χ3v) is 3.30. The Bertz CT molecular complexity index is 540. The van der Waals surface area contributed by atoms with Crippen LogP contribution in [0.1, 0.15) is 12.5 Å². The number of aromatic nitrogens is 2. The number of benzene rings is 1. The number of esters is 1. The van der Waals surface area contributed by atoms with Gasteiger partial charge in [-0.15, -0.1) is 0 Å². The largest absolute Gasteiger partial charge is 0.464 e. The monoisotopic (exact) mass is 273 g/mol. The summed E-state index contributed by atoms with van der Waals surface area (Å²) in [6.07, 6.45) is 5.21. The van der Waals surface area contributed by atoms with Gasteiger partial charge in [-0.3, -0.25) is 5.32 Å². The number of nitrogens with one attached hydrogen (secondary N) is 1. The standard InChI is InChI=1S/C15H19N3O2/c1-3-20-14(19)15(16-2,11-18-10-9-17-12-18)13-7-5-4-6-8-13/h4-10,12,16H,3,11H2,1-2H3. The van der Waals surface area contributed by atoms with Gasteiger partial charge in [0.15, 0.2) is 5.54 Å². The Hall–Kier alpha value is -2.14. The Morgan fingerprint density at radius 1 is 1.40 bits per heavy atom. The molecule has 0 radical (unpaired) electrons. The molecule has 1 aromatic carbocycles. The number of rotatable bonds is 6. The maximum Gasteiger partial charge on any atom is 0.332 e. The van der Waals surface area contributed by atoms with E-state index in [0.717, 1.165) is 5.56 Å². The Kier molecular flexibility index (Phi) is 4.53. The molecule has 106 valence electrons. The second kappa shape index (κ2) is 6.34. The molecule has 2 rings (SSSR count). The van der Waals surface area contributed by atoms with Crippen molar-refractivity contribution in [2.24, 2.45) is 0 Å². The number of imidazole rings is 1. The van der Waals surface area contributed by atoms with E-state index in [4.69, 9.17) is 4.74 Å². The van der Waals surface area contributed by atoms with Gasteiger partial charge in [-0.2, -0.15) is 0 Å². The summed E-state index contributed by atoms with van der Waals surface area (Å²) in [7, 11) is 1.76. The number of nitrogens with zero attached hydrogens (tertiary/aromatic N) is 2. The molecule has 0 aliphatic rings. The molecule has 0 aliphatic heterocycles. The highest BCUT2D eigenvalue weighted by Gasteiger charge is 2.40. The average Bonchev–Trinajstić information content (AvgIpc) is 2.99. The van der Waals surface area contributed by atoms with Gasteiger partial charge in [-0.05, 0) is 19.5 Å². The van der Waals surface area contributed by atoms with Gasteiger partial charge < -0.3 is 9.30 Å². The number of likely N-dealkylation sites (N-methyl/N-ethyl adjacent to an activating group) is 1. The maximum absolute atomic E-state index is 12.5. The van der Waals surface area contributed by atoms with E-state index in [2.05, 4.69) is 10.3 Å². The zero-order valence-electron chi connectivity index (χ0n) is 11.7. The Morgan fingerprint density at radius 3 is 2.70 bits per heavy atom. The first-order chi connectivity index (χ1) is 9.73. The van der Waals surface area contributed by atoms with E-state index in [9.17, 15) is 4.79 Å². The third-order valence-electron chi connectivity index (χ3n) is 3.30. The van der Waals surface area contributed by atoms with Gasteiger partial charge in [-0.1, -0.05) is 30.3 Å². The fourth-order valence-corrected chi connectivity index (χ4v) is 2.23. The Labute approximate surface area is 118 Å². The van der Waals surface area contributed by atoms with Crippen LogP contribution in [-0.4, -0.2) is 29.2 Å². The molecule has 20 heavy (non-hydrogen) atoms. The van der Waals surface area contributed by atoms with Gasteiger partial charge >= 0.3 is 5.97 Å². The van der Waals surface area contributed by atoms with E-state index >= 15 is 0 Å². The summed E-state index contributed by atoms with van der Waals surface area (Å²) >= 11 is 0. The van der Waals surface area contributed by atoms with Crippen molar-refractivity contribution in [2.75, 3.05) is 13.7 Å². The van der Waals surface area contributed by atoms with Gasteiger partial charge in [0.25, 0.3) is 0 Å². The van der Waals surface area contributed by atoms with E-state index in [0.29, 0.717) is 13.2 Å². The normalized spacial score (nSPS) is 13.7. The average molecular weight is 273 g/mol. The van der Waals surface area contributed by atoms with Gasteiger partial charge in [0.2, 0.25) is 0 Å². The topological polar surface area (TPSA) is 56.2 Å². The van der Waals surface area contributed by atoms with Crippen molar-refractivity contribution in [3.05, 3.63) is 54.6 Å². The SMILES string of the molecule is CCOC(=O)C(Cn1ccnc1)(NC)c1ccccc1. The Balaban J connectivity index is 2.43. The lowest BCUT2D eigenvalue weighted by molar-refractivity contribution is -0.152. The molecule has 0 saturated carbocycles. The third kappa shape index (κ3) is 2.72. The van der Waals surface area contributed by atoms with E-state index in [1.54, 1.807) is 26.5 Å². The molecule has 1 N–H and O–H groups in total. The lowest BCUT2D eigenvalue weighted by atomic mass is 9.89. The molecular weight excluding hydrogens is 254 g/mol. The zero-order valence-corrected chi connectivity index (χ0v) is 11.7. The molecule has 0 bridgehead atoms. The van der Waals surface area contributed by atoms with Crippen molar-refractivity contribution in [3.8, 4) is 0 Å². The number of ether oxygens (including phenoxy) is 1. The van der Waals surface area contributed by atoms with E-state index in [-0.39, 0.29) is 5.97 Å². The van der Waals surface area contributed by atoms with Crippen LogP contribution in [0.15, 0.2) is 49.1 Å². The lowest BCUT2D eigenvalue weighted by Gasteiger charge is -2.31. The number of hydrogen-bond donors (Lipinski definition) is 1. The highest BCUT2D eigenvalue weighted by molar-refractivity contribution is 5.82. The fourth-order valence-electron chi connectivity index (χ4n) is 2.23. The van der Waals surface area contributed by atoms with Crippen molar-refractivity contribution in [1.29, 1.82) is 0 Å². The fraction of sp³-hybridized carbons (Fsp3) is 0.333. The van der Waals surface area contributed by atoms with Crippen molar-refractivity contribution in [1.82, 2.24) is 14.9 Å². The predicted octanol–water partition coefficient (Wildman–Crippen LogP) is 1.56. The molecule has 0 aliphatic carbocycles. The van der Waals surface area contributed by atoms with Gasteiger partial charge in [0.1, 0.15) is 0 Å². The number of carbonyl (C=O) groups is 1. The predicted molar refractivity (Wildman–Crippen MR) is 76.0 cm³/mol. The number of hydrogen-bond acceptors (Lipinski definition) is 4. The van der Waals surface area contributed by atoms with Crippen molar-refractivity contribution in [2.45, 2.75) is 19.0 Å². The first-order valence-corrected chi connectivity index (χ1v) is 6.60. The summed E-state index contributed by atoms with van der Waals surface area (Å²) in [5, 5.41) is 3.13. The molecule has 1 heterocycles. The molecule has 5 heteroatoms.